The minimum atomic E-state index is -0.0132. The number of fused-ring (bicyclic) bond motifs is 1. The van der Waals surface area contributed by atoms with Crippen molar-refractivity contribution < 1.29 is 4.79 Å². The second-order valence-corrected chi connectivity index (χ2v) is 3.52. The lowest BCUT2D eigenvalue weighted by atomic mass is 10.0. The first kappa shape index (κ1) is 9.59. The number of hydrogen-bond donors (Lipinski definition) is 0. The molecule has 0 aliphatic rings. The summed E-state index contributed by atoms with van der Waals surface area (Å²) < 4.78 is 0. The number of Topliss-reactive ketones (excluding diaryl/α,β-unsaturated/α-hetero) is 1. The third-order valence-corrected chi connectivity index (χ3v) is 2.25. The van der Waals surface area contributed by atoms with E-state index < -0.39 is 0 Å². The standard InChI is InChI=1S/C13H11NO/c1-9(2)13(15)11-5-6-12-10(8-11)4-3-7-14-12/h3-8H,1H2,2H3. The van der Waals surface area contributed by atoms with Gasteiger partial charge in [0.1, 0.15) is 0 Å². The minimum Gasteiger partial charge on any atom is -0.289 e. The fourth-order valence-corrected chi connectivity index (χ4v) is 1.46. The average molecular weight is 197 g/mol. The minimum absolute atomic E-state index is 0.0132. The highest BCUT2D eigenvalue weighted by Gasteiger charge is 2.06. The number of ketones is 1. The highest BCUT2D eigenvalue weighted by Crippen LogP contribution is 2.15. The van der Waals surface area contributed by atoms with Crippen LogP contribution in [-0.2, 0) is 0 Å². The van der Waals surface area contributed by atoms with Gasteiger partial charge in [-0.3, -0.25) is 9.78 Å². The van der Waals surface area contributed by atoms with Gasteiger partial charge in [0, 0.05) is 17.1 Å². The van der Waals surface area contributed by atoms with E-state index in [0.29, 0.717) is 11.1 Å². The zero-order chi connectivity index (χ0) is 10.8. The molecule has 1 aromatic heterocycles. The molecule has 2 aromatic rings. The molecule has 0 spiro atoms. The number of carbonyl (C=O) groups excluding carboxylic acids is 1. The number of hydrogen-bond acceptors (Lipinski definition) is 2. The van der Waals surface area contributed by atoms with Crippen molar-refractivity contribution in [3.8, 4) is 0 Å². The van der Waals surface area contributed by atoms with Crippen molar-refractivity contribution in [3.63, 3.8) is 0 Å². The van der Waals surface area contributed by atoms with E-state index in [9.17, 15) is 4.79 Å². The second kappa shape index (κ2) is 3.65. The molecule has 0 saturated heterocycles. The maximum Gasteiger partial charge on any atom is 0.188 e. The third-order valence-electron chi connectivity index (χ3n) is 2.25. The molecule has 0 fully saturated rings. The van der Waals surface area contributed by atoms with Crippen molar-refractivity contribution in [1.29, 1.82) is 0 Å². The maximum absolute atomic E-state index is 11.7. The molecule has 0 aliphatic carbocycles. The Hall–Kier alpha value is -1.96. The van der Waals surface area contributed by atoms with Crippen LogP contribution in [0.1, 0.15) is 17.3 Å². The Kier molecular flexibility index (Phi) is 2.34. The van der Waals surface area contributed by atoms with Crippen LogP contribution in [0, 0.1) is 0 Å². The van der Waals surface area contributed by atoms with Crippen LogP contribution in [0.4, 0.5) is 0 Å². The highest BCUT2D eigenvalue weighted by atomic mass is 16.1. The molecule has 0 atom stereocenters. The third kappa shape index (κ3) is 1.79. The van der Waals surface area contributed by atoms with Gasteiger partial charge in [-0.15, -0.1) is 0 Å². The van der Waals surface area contributed by atoms with Gasteiger partial charge < -0.3 is 0 Å². The molecule has 0 bridgehead atoms. The lowest BCUT2D eigenvalue weighted by Gasteiger charge is -2.01. The smallest absolute Gasteiger partial charge is 0.188 e. The molecule has 74 valence electrons. The van der Waals surface area contributed by atoms with E-state index in [1.54, 1.807) is 19.2 Å². The molecular formula is C13H11NO. The molecular weight excluding hydrogens is 186 g/mol. The van der Waals surface area contributed by atoms with Gasteiger partial charge in [0.05, 0.1) is 5.52 Å². The quantitative estimate of drug-likeness (QED) is 0.547. The summed E-state index contributed by atoms with van der Waals surface area (Å²) in [7, 11) is 0. The van der Waals surface area contributed by atoms with Gasteiger partial charge in [-0.2, -0.15) is 0 Å². The van der Waals surface area contributed by atoms with Crippen LogP contribution in [-0.4, -0.2) is 10.8 Å². The summed E-state index contributed by atoms with van der Waals surface area (Å²) in [6.45, 7) is 5.36. The van der Waals surface area contributed by atoms with Crippen LogP contribution in [0.25, 0.3) is 10.9 Å². The van der Waals surface area contributed by atoms with Crippen molar-refractivity contribution in [2.45, 2.75) is 6.92 Å². The van der Waals surface area contributed by atoms with Crippen molar-refractivity contribution in [3.05, 3.63) is 54.2 Å². The van der Waals surface area contributed by atoms with E-state index in [0.717, 1.165) is 10.9 Å². The van der Waals surface area contributed by atoms with Gasteiger partial charge in [0.15, 0.2) is 5.78 Å². The molecule has 2 nitrogen and oxygen atoms in total. The number of nitrogens with zero attached hydrogens (tertiary/aromatic N) is 1. The molecule has 0 saturated carbocycles. The predicted molar refractivity (Wildman–Crippen MR) is 60.9 cm³/mol. The Morgan fingerprint density at radius 3 is 2.87 bits per heavy atom. The highest BCUT2D eigenvalue weighted by molar-refractivity contribution is 6.09. The summed E-state index contributed by atoms with van der Waals surface area (Å²) >= 11 is 0. The Balaban J connectivity index is 2.56. The van der Waals surface area contributed by atoms with Crippen LogP contribution in [0.5, 0.6) is 0 Å². The molecule has 1 aromatic carbocycles. The molecule has 0 amide bonds. The van der Waals surface area contributed by atoms with Crippen LogP contribution in [0.15, 0.2) is 48.7 Å². The summed E-state index contributed by atoms with van der Waals surface area (Å²) in [4.78, 5) is 15.9. The molecule has 0 aliphatic heterocycles. The summed E-state index contributed by atoms with van der Waals surface area (Å²) in [5.74, 6) is -0.0132. The summed E-state index contributed by atoms with van der Waals surface area (Å²) in [5, 5.41) is 0.976. The predicted octanol–water partition coefficient (Wildman–Crippen LogP) is 2.99. The van der Waals surface area contributed by atoms with E-state index in [2.05, 4.69) is 11.6 Å². The van der Waals surface area contributed by atoms with Crippen molar-refractivity contribution in [2.75, 3.05) is 0 Å². The van der Waals surface area contributed by atoms with Gasteiger partial charge in [0.25, 0.3) is 0 Å². The largest absolute Gasteiger partial charge is 0.289 e. The van der Waals surface area contributed by atoms with E-state index in [1.165, 1.54) is 0 Å². The number of aromatic nitrogens is 1. The number of rotatable bonds is 2. The number of benzene rings is 1. The van der Waals surface area contributed by atoms with Gasteiger partial charge in [-0.25, -0.2) is 0 Å². The van der Waals surface area contributed by atoms with E-state index in [4.69, 9.17) is 0 Å². The molecule has 15 heavy (non-hydrogen) atoms. The van der Waals surface area contributed by atoms with Crippen molar-refractivity contribution in [1.82, 2.24) is 4.98 Å². The fraction of sp³-hybridized carbons (Fsp3) is 0.0769. The lowest BCUT2D eigenvalue weighted by molar-refractivity contribution is 0.103. The van der Waals surface area contributed by atoms with Crippen LogP contribution in [0.3, 0.4) is 0 Å². The first-order chi connectivity index (χ1) is 7.18. The SMILES string of the molecule is C=C(C)C(=O)c1ccc2ncccc2c1. The van der Waals surface area contributed by atoms with Crippen LogP contribution < -0.4 is 0 Å². The number of carbonyl (C=O) groups is 1. The first-order valence-electron chi connectivity index (χ1n) is 4.73. The average Bonchev–Trinajstić information content (AvgIpc) is 2.27. The van der Waals surface area contributed by atoms with Gasteiger partial charge in [0.2, 0.25) is 0 Å². The van der Waals surface area contributed by atoms with E-state index in [-0.39, 0.29) is 5.78 Å². The van der Waals surface area contributed by atoms with Gasteiger partial charge in [-0.1, -0.05) is 12.6 Å². The Labute approximate surface area is 88.3 Å². The van der Waals surface area contributed by atoms with Crippen LogP contribution >= 0.6 is 0 Å². The van der Waals surface area contributed by atoms with E-state index >= 15 is 0 Å². The van der Waals surface area contributed by atoms with Crippen LogP contribution in [0.2, 0.25) is 0 Å². The molecule has 2 rings (SSSR count). The zero-order valence-electron chi connectivity index (χ0n) is 8.53. The summed E-state index contributed by atoms with van der Waals surface area (Å²) in [6.07, 6.45) is 1.74. The molecule has 0 N–H and O–H groups in total. The fourth-order valence-electron chi connectivity index (χ4n) is 1.46. The van der Waals surface area contributed by atoms with Crippen molar-refractivity contribution >= 4 is 16.7 Å². The Morgan fingerprint density at radius 2 is 2.13 bits per heavy atom. The normalized spacial score (nSPS) is 10.2. The van der Waals surface area contributed by atoms with Crippen molar-refractivity contribution in [2.24, 2.45) is 0 Å². The Bertz CT molecular complexity index is 543. The molecule has 1 heterocycles. The summed E-state index contributed by atoms with van der Waals surface area (Å²) in [5.41, 5.74) is 2.12. The molecule has 0 unspecified atom stereocenters. The maximum atomic E-state index is 11.7. The molecule has 2 heteroatoms. The first-order valence-corrected chi connectivity index (χ1v) is 4.73. The monoisotopic (exact) mass is 197 g/mol. The van der Waals surface area contributed by atoms with Gasteiger partial charge in [-0.05, 0) is 36.8 Å². The zero-order valence-corrected chi connectivity index (χ0v) is 8.53. The second-order valence-electron chi connectivity index (χ2n) is 3.52. The topological polar surface area (TPSA) is 30.0 Å². The lowest BCUT2D eigenvalue weighted by Crippen LogP contribution is -1.99. The summed E-state index contributed by atoms with van der Waals surface area (Å²) in [6, 6.07) is 9.28. The van der Waals surface area contributed by atoms with E-state index in [1.807, 2.05) is 24.3 Å². The number of allylic oxidation sites excluding steroid dienone is 1. The Morgan fingerprint density at radius 1 is 1.33 bits per heavy atom. The molecule has 0 radical (unpaired) electrons. The van der Waals surface area contributed by atoms with Gasteiger partial charge >= 0.3 is 0 Å². The number of pyridine rings is 1.